The van der Waals surface area contributed by atoms with Gasteiger partial charge in [0, 0.05) is 21.6 Å². The van der Waals surface area contributed by atoms with E-state index in [9.17, 15) is 4.79 Å². The van der Waals surface area contributed by atoms with Crippen LogP contribution in [0.25, 0.3) is 0 Å². The topological polar surface area (TPSA) is 17.1 Å². The highest BCUT2D eigenvalue weighted by Gasteiger charge is 2.37. The predicted octanol–water partition coefficient (Wildman–Crippen LogP) is 5.73. The van der Waals surface area contributed by atoms with Crippen LogP contribution in [0.1, 0.15) is 21.6 Å². The summed E-state index contributed by atoms with van der Waals surface area (Å²) >= 11 is 3.36. The first-order valence-electron chi connectivity index (χ1n) is 8.15. The Morgan fingerprint density at radius 2 is 1.17 bits per heavy atom. The molecule has 120 valence electrons. The molecule has 2 atom stereocenters. The molecule has 0 saturated heterocycles. The molecule has 0 spiro atoms. The molecule has 4 rings (SSSR count). The third-order valence-corrected chi connectivity index (χ3v) is 6.55. The Bertz CT molecular complexity index is 714. The molecule has 0 saturated carbocycles. The highest BCUT2D eigenvalue weighted by atomic mass is 32.1. The molecule has 2 aliphatic rings. The number of carbonyl (C=O) groups is 1. The van der Waals surface area contributed by atoms with E-state index in [0.29, 0.717) is 5.78 Å². The minimum Gasteiger partial charge on any atom is -0.298 e. The van der Waals surface area contributed by atoms with Crippen molar-refractivity contribution in [2.45, 2.75) is 11.8 Å². The fourth-order valence-electron chi connectivity index (χ4n) is 3.51. The van der Waals surface area contributed by atoms with Gasteiger partial charge in [-0.15, -0.1) is 22.7 Å². The van der Waals surface area contributed by atoms with Gasteiger partial charge in [-0.3, -0.25) is 4.79 Å². The van der Waals surface area contributed by atoms with Crippen molar-refractivity contribution in [3.8, 4) is 0 Å². The van der Waals surface area contributed by atoms with Gasteiger partial charge in [0.1, 0.15) is 0 Å². The van der Waals surface area contributed by atoms with Crippen LogP contribution in [0.4, 0.5) is 0 Å². The molecule has 0 amide bonds. The van der Waals surface area contributed by atoms with Gasteiger partial charge in [-0.2, -0.15) is 0 Å². The number of hydrogen-bond donors (Lipinski definition) is 0. The van der Waals surface area contributed by atoms with Crippen molar-refractivity contribution in [1.29, 1.82) is 0 Å². The number of carbonyl (C=O) groups excluding carboxylic acids is 1. The number of ketones is 1. The van der Waals surface area contributed by atoms with Gasteiger partial charge >= 0.3 is 0 Å². The van der Waals surface area contributed by atoms with Crippen LogP contribution in [0.2, 0.25) is 0 Å². The van der Waals surface area contributed by atoms with Gasteiger partial charge in [-0.25, -0.2) is 0 Å². The molecule has 3 heteroatoms. The first-order valence-corrected chi connectivity index (χ1v) is 9.91. The smallest absolute Gasteiger partial charge is 0.151 e. The molecule has 0 radical (unpaired) electrons. The SMILES string of the molecule is O=C(C(c1cccs1)C1C=CC=C1)C(c1cccs1)C1C=CC=C1. The van der Waals surface area contributed by atoms with E-state index >= 15 is 0 Å². The molecule has 0 aliphatic heterocycles. The zero-order chi connectivity index (χ0) is 16.4. The first-order chi connectivity index (χ1) is 11.8. The number of rotatable bonds is 6. The summed E-state index contributed by atoms with van der Waals surface area (Å²) in [4.78, 5) is 16.0. The summed E-state index contributed by atoms with van der Waals surface area (Å²) in [5.41, 5.74) is 0. The van der Waals surface area contributed by atoms with E-state index in [1.54, 1.807) is 22.7 Å². The largest absolute Gasteiger partial charge is 0.298 e. The minimum absolute atomic E-state index is 0.102. The van der Waals surface area contributed by atoms with Crippen molar-refractivity contribution in [1.82, 2.24) is 0 Å². The summed E-state index contributed by atoms with van der Waals surface area (Å²) in [5, 5.41) is 4.13. The van der Waals surface area contributed by atoms with E-state index in [-0.39, 0.29) is 23.7 Å². The highest BCUT2D eigenvalue weighted by molar-refractivity contribution is 7.10. The normalized spacial score (nSPS) is 19.3. The van der Waals surface area contributed by atoms with Crippen molar-refractivity contribution in [2.24, 2.45) is 11.8 Å². The average Bonchev–Trinajstić information content (AvgIpc) is 3.38. The Morgan fingerprint density at radius 3 is 1.50 bits per heavy atom. The fraction of sp³-hybridized carbons (Fsp3) is 0.190. The van der Waals surface area contributed by atoms with Crippen LogP contribution >= 0.6 is 22.7 Å². The Kier molecular flexibility index (Phi) is 4.46. The van der Waals surface area contributed by atoms with Gasteiger partial charge in [0.15, 0.2) is 5.78 Å². The van der Waals surface area contributed by atoms with Crippen LogP contribution in [0.5, 0.6) is 0 Å². The molecule has 1 nitrogen and oxygen atoms in total. The van der Waals surface area contributed by atoms with Crippen molar-refractivity contribution in [3.05, 3.63) is 93.4 Å². The van der Waals surface area contributed by atoms with Gasteiger partial charge in [0.2, 0.25) is 0 Å². The van der Waals surface area contributed by atoms with Crippen LogP contribution in [-0.4, -0.2) is 5.78 Å². The number of hydrogen-bond acceptors (Lipinski definition) is 3. The van der Waals surface area contributed by atoms with E-state index in [0.717, 1.165) is 9.75 Å². The molecule has 0 bridgehead atoms. The maximum atomic E-state index is 13.7. The lowest BCUT2D eigenvalue weighted by Gasteiger charge is -2.26. The van der Waals surface area contributed by atoms with Crippen molar-refractivity contribution >= 4 is 28.5 Å². The van der Waals surface area contributed by atoms with Crippen molar-refractivity contribution < 1.29 is 4.79 Å². The fourth-order valence-corrected chi connectivity index (χ4v) is 5.29. The van der Waals surface area contributed by atoms with Crippen molar-refractivity contribution in [2.75, 3.05) is 0 Å². The molecule has 0 fully saturated rings. The zero-order valence-corrected chi connectivity index (χ0v) is 14.8. The van der Waals surface area contributed by atoms with E-state index < -0.39 is 0 Å². The Hall–Kier alpha value is -1.97. The minimum atomic E-state index is -0.102. The van der Waals surface area contributed by atoms with Crippen LogP contribution in [0.15, 0.2) is 83.6 Å². The number of thiophene rings is 2. The standard InChI is InChI=1S/C21H18OS2/c22-21(19(15-7-1-2-8-15)17-11-5-13-23-17)20(16-9-3-4-10-16)18-12-6-14-24-18/h1-16,19-20H. The van der Waals surface area contributed by atoms with Gasteiger partial charge in [0.05, 0.1) is 11.8 Å². The Morgan fingerprint density at radius 1 is 0.750 bits per heavy atom. The van der Waals surface area contributed by atoms with Gasteiger partial charge in [-0.05, 0) is 22.9 Å². The summed E-state index contributed by atoms with van der Waals surface area (Å²) in [6.45, 7) is 0. The average molecular weight is 351 g/mol. The van der Waals surface area contributed by atoms with Gasteiger partial charge in [0.25, 0.3) is 0 Å². The highest BCUT2D eigenvalue weighted by Crippen LogP contribution is 2.42. The molecule has 2 aliphatic carbocycles. The zero-order valence-electron chi connectivity index (χ0n) is 13.1. The summed E-state index contributed by atoms with van der Waals surface area (Å²) in [7, 11) is 0. The lowest BCUT2D eigenvalue weighted by atomic mass is 9.77. The molecule has 0 aromatic carbocycles. The summed E-state index contributed by atoms with van der Waals surface area (Å²) in [5.74, 6) is 0.437. The maximum Gasteiger partial charge on any atom is 0.151 e. The molecule has 2 aromatic heterocycles. The molecular formula is C21H18OS2. The van der Waals surface area contributed by atoms with E-state index in [1.807, 2.05) is 36.4 Å². The van der Waals surface area contributed by atoms with E-state index in [1.165, 1.54) is 0 Å². The van der Waals surface area contributed by atoms with Crippen LogP contribution in [-0.2, 0) is 4.79 Å². The summed E-state index contributed by atoms with van der Waals surface area (Å²) in [6.07, 6.45) is 16.8. The Balaban J connectivity index is 1.74. The molecule has 0 N–H and O–H groups in total. The van der Waals surface area contributed by atoms with Crippen LogP contribution < -0.4 is 0 Å². The van der Waals surface area contributed by atoms with E-state index in [4.69, 9.17) is 0 Å². The lowest BCUT2D eigenvalue weighted by molar-refractivity contribution is -0.122. The molecule has 24 heavy (non-hydrogen) atoms. The van der Waals surface area contributed by atoms with E-state index in [2.05, 4.69) is 47.2 Å². The number of Topliss-reactive ketones (excluding diaryl/α,β-unsaturated/α-hetero) is 1. The summed E-state index contributed by atoms with van der Waals surface area (Å²) in [6, 6.07) is 8.27. The molecule has 2 aromatic rings. The lowest BCUT2D eigenvalue weighted by Crippen LogP contribution is -2.27. The second-order valence-corrected chi connectivity index (χ2v) is 8.04. The number of allylic oxidation sites excluding steroid dienone is 8. The Labute approximate surface area is 150 Å². The maximum absolute atomic E-state index is 13.7. The monoisotopic (exact) mass is 350 g/mol. The van der Waals surface area contributed by atoms with Gasteiger partial charge in [-0.1, -0.05) is 60.7 Å². The third-order valence-electron chi connectivity index (χ3n) is 4.64. The molecule has 2 unspecified atom stereocenters. The van der Waals surface area contributed by atoms with Crippen LogP contribution in [0, 0.1) is 11.8 Å². The van der Waals surface area contributed by atoms with Crippen LogP contribution in [0.3, 0.4) is 0 Å². The molecule has 2 heterocycles. The second-order valence-electron chi connectivity index (χ2n) is 6.08. The first kappa shape index (κ1) is 15.6. The summed E-state index contributed by atoms with van der Waals surface area (Å²) < 4.78 is 0. The predicted molar refractivity (Wildman–Crippen MR) is 103 cm³/mol. The van der Waals surface area contributed by atoms with Crippen molar-refractivity contribution in [3.63, 3.8) is 0 Å². The quantitative estimate of drug-likeness (QED) is 0.650. The molecular weight excluding hydrogens is 332 g/mol. The third kappa shape index (κ3) is 2.90. The second kappa shape index (κ2) is 6.88. The van der Waals surface area contributed by atoms with Gasteiger partial charge < -0.3 is 0 Å².